The van der Waals surface area contributed by atoms with Crippen LogP contribution in [0.3, 0.4) is 0 Å². The molecule has 1 amide bonds. The summed E-state index contributed by atoms with van der Waals surface area (Å²) in [6.45, 7) is 12.1. The lowest BCUT2D eigenvalue weighted by Crippen LogP contribution is -2.34. The summed E-state index contributed by atoms with van der Waals surface area (Å²) in [5.41, 5.74) is 5.31. The van der Waals surface area contributed by atoms with E-state index in [0.29, 0.717) is 5.84 Å². The number of amidine groups is 1. The summed E-state index contributed by atoms with van der Waals surface area (Å²) in [4.78, 5) is 19.1. The van der Waals surface area contributed by atoms with Gasteiger partial charge in [-0.15, -0.1) is 0 Å². The van der Waals surface area contributed by atoms with Crippen LogP contribution >= 0.6 is 11.6 Å². The van der Waals surface area contributed by atoms with Gasteiger partial charge in [0.15, 0.2) is 0 Å². The zero-order valence-corrected chi connectivity index (χ0v) is 20.6. The highest BCUT2D eigenvalue weighted by Gasteiger charge is 2.41. The van der Waals surface area contributed by atoms with Crippen molar-refractivity contribution in [3.63, 3.8) is 0 Å². The molecule has 3 aromatic rings. The van der Waals surface area contributed by atoms with Gasteiger partial charge in [-0.1, -0.05) is 118 Å². The van der Waals surface area contributed by atoms with Crippen molar-refractivity contribution in [2.45, 2.75) is 53.6 Å². The van der Waals surface area contributed by atoms with Crippen LogP contribution in [0.15, 0.2) is 83.9 Å². The lowest BCUT2D eigenvalue weighted by molar-refractivity contribution is 0.231. The first kappa shape index (κ1) is 25.4. The van der Waals surface area contributed by atoms with E-state index in [1.54, 1.807) is 4.90 Å². The van der Waals surface area contributed by atoms with E-state index in [-0.39, 0.29) is 12.1 Å². The molecule has 2 atom stereocenters. The average molecular weight is 449 g/mol. The van der Waals surface area contributed by atoms with Gasteiger partial charge in [0.2, 0.25) is 0 Å². The maximum atomic E-state index is 12.5. The van der Waals surface area contributed by atoms with Gasteiger partial charge in [-0.3, -0.25) is 14.7 Å². The summed E-state index contributed by atoms with van der Waals surface area (Å²) in [6, 6.07) is 25.7. The molecule has 4 rings (SSSR count). The first-order valence-electron chi connectivity index (χ1n) is 11.3. The van der Waals surface area contributed by atoms with Gasteiger partial charge >= 0.3 is 5.37 Å². The molecule has 1 heterocycles. The number of nitrogens with zero attached hydrogens (tertiary/aromatic N) is 2. The third-order valence-electron chi connectivity index (χ3n) is 5.13. The quantitative estimate of drug-likeness (QED) is 0.293. The summed E-state index contributed by atoms with van der Waals surface area (Å²) in [7, 11) is 0. The zero-order valence-electron chi connectivity index (χ0n) is 19.8. The molecule has 0 unspecified atom stereocenters. The van der Waals surface area contributed by atoms with Crippen molar-refractivity contribution in [1.29, 1.82) is 0 Å². The topological polar surface area (TPSA) is 32.7 Å². The van der Waals surface area contributed by atoms with Crippen molar-refractivity contribution >= 4 is 22.8 Å². The van der Waals surface area contributed by atoms with Gasteiger partial charge in [-0.2, -0.15) is 0 Å². The van der Waals surface area contributed by atoms with E-state index >= 15 is 0 Å². The molecule has 0 saturated carbocycles. The highest BCUT2D eigenvalue weighted by atomic mass is 35.5. The normalized spacial score (nSPS) is 16.8. The molecular formula is C28H33ClN2O. The average Bonchev–Trinajstić information content (AvgIpc) is 3.24. The molecule has 168 valence electrons. The smallest absolute Gasteiger partial charge is 0.273 e. The Morgan fingerprint density at radius 3 is 1.69 bits per heavy atom. The van der Waals surface area contributed by atoms with E-state index in [1.165, 1.54) is 11.1 Å². The minimum absolute atomic E-state index is 0.221. The lowest BCUT2D eigenvalue weighted by atomic mass is 9.93. The van der Waals surface area contributed by atoms with Gasteiger partial charge in [0.25, 0.3) is 0 Å². The fourth-order valence-corrected chi connectivity index (χ4v) is 3.83. The summed E-state index contributed by atoms with van der Waals surface area (Å²) in [5, 5.41) is -0.525. The van der Waals surface area contributed by atoms with Crippen LogP contribution < -0.4 is 0 Å². The molecule has 0 spiro atoms. The van der Waals surface area contributed by atoms with Crippen LogP contribution in [0.1, 0.15) is 67.6 Å². The van der Waals surface area contributed by atoms with Crippen molar-refractivity contribution < 1.29 is 4.79 Å². The van der Waals surface area contributed by atoms with Crippen LogP contribution in [-0.4, -0.2) is 16.1 Å². The van der Waals surface area contributed by atoms with Crippen LogP contribution in [0.25, 0.3) is 0 Å². The van der Waals surface area contributed by atoms with E-state index in [1.807, 2.05) is 65.0 Å². The van der Waals surface area contributed by atoms with Crippen molar-refractivity contribution in [2.24, 2.45) is 4.99 Å². The Balaban J connectivity index is 0.000000860. The Bertz CT molecular complexity index is 1010. The third kappa shape index (κ3) is 5.66. The molecule has 0 fully saturated rings. The van der Waals surface area contributed by atoms with Crippen LogP contribution in [0, 0.1) is 13.8 Å². The fraction of sp³-hybridized carbons (Fsp3) is 0.286. The Labute approximate surface area is 197 Å². The number of carbonyl (C=O) groups is 1. The molecule has 32 heavy (non-hydrogen) atoms. The third-order valence-corrected chi connectivity index (χ3v) is 5.31. The zero-order chi connectivity index (χ0) is 23.7. The van der Waals surface area contributed by atoms with Crippen LogP contribution in [0.4, 0.5) is 4.79 Å². The second kappa shape index (κ2) is 12.2. The number of hydrogen-bond donors (Lipinski definition) is 0. The first-order valence-corrected chi connectivity index (χ1v) is 11.7. The van der Waals surface area contributed by atoms with Crippen molar-refractivity contribution in [3.8, 4) is 0 Å². The monoisotopic (exact) mass is 448 g/mol. The van der Waals surface area contributed by atoms with E-state index in [2.05, 4.69) is 55.5 Å². The molecule has 3 aromatic carbocycles. The van der Waals surface area contributed by atoms with E-state index in [4.69, 9.17) is 16.6 Å². The number of hydrogen-bond acceptors (Lipinski definition) is 2. The molecule has 0 saturated heterocycles. The molecule has 0 N–H and O–H groups in total. The predicted octanol–water partition coefficient (Wildman–Crippen LogP) is 8.26. The Morgan fingerprint density at radius 1 is 0.750 bits per heavy atom. The van der Waals surface area contributed by atoms with Gasteiger partial charge in [-0.25, -0.2) is 0 Å². The summed E-state index contributed by atoms with van der Waals surface area (Å²) >= 11 is 6.09. The maximum Gasteiger partial charge on any atom is 0.322 e. The fourth-order valence-electron chi connectivity index (χ4n) is 3.65. The Kier molecular flexibility index (Phi) is 9.67. The largest absolute Gasteiger partial charge is 0.322 e. The lowest BCUT2D eigenvalue weighted by Gasteiger charge is -2.27. The van der Waals surface area contributed by atoms with Gasteiger partial charge < -0.3 is 0 Å². The number of aryl methyl sites for hydroxylation is 2. The second-order valence-corrected chi connectivity index (χ2v) is 7.48. The Morgan fingerprint density at radius 2 is 1.22 bits per heavy atom. The number of benzene rings is 3. The number of carbonyl (C=O) groups excluding carboxylic acids is 1. The van der Waals surface area contributed by atoms with Crippen LogP contribution in [0.2, 0.25) is 0 Å². The van der Waals surface area contributed by atoms with Crippen molar-refractivity contribution in [1.82, 2.24) is 4.90 Å². The molecular weight excluding hydrogens is 416 g/mol. The summed E-state index contributed by atoms with van der Waals surface area (Å²) in [5.74, 6) is 0.608. The number of aliphatic imine (C=N–C) groups is 1. The minimum Gasteiger partial charge on any atom is -0.273 e. The SMILES string of the molecule is CC.CC.Cc1ccc([C@H]2N=C(c3ccccc3)N(C(=O)Cl)[C@H]2c2ccc(C)cc2)cc1. The summed E-state index contributed by atoms with van der Waals surface area (Å²) in [6.07, 6.45) is 0. The van der Waals surface area contributed by atoms with Gasteiger partial charge in [0.05, 0.1) is 6.04 Å². The van der Waals surface area contributed by atoms with Crippen molar-refractivity contribution in [2.75, 3.05) is 0 Å². The molecule has 0 bridgehead atoms. The van der Waals surface area contributed by atoms with Gasteiger partial charge in [0, 0.05) is 5.56 Å². The Hall–Kier alpha value is -2.91. The predicted molar refractivity (Wildman–Crippen MR) is 137 cm³/mol. The summed E-state index contributed by atoms with van der Waals surface area (Å²) < 4.78 is 0. The second-order valence-electron chi connectivity index (χ2n) is 7.15. The molecule has 4 heteroatoms. The number of amides is 1. The number of halogens is 1. The standard InChI is InChI=1S/C24H21ClN2O.2C2H6/c1-16-8-12-18(13-9-16)21-22(19-14-10-17(2)11-15-19)27(24(25)28)23(26-21)20-6-4-3-5-7-20;2*1-2/h3-15,21-22H,1-2H3;2*1-2H3/t21-,22+;;/m1../s1. The molecule has 1 aliphatic heterocycles. The number of rotatable bonds is 3. The van der Waals surface area contributed by atoms with E-state index in [9.17, 15) is 4.79 Å². The first-order chi connectivity index (χ1) is 15.5. The molecule has 0 aliphatic carbocycles. The van der Waals surface area contributed by atoms with Crippen LogP contribution in [0.5, 0.6) is 0 Å². The minimum atomic E-state index is -0.525. The molecule has 3 nitrogen and oxygen atoms in total. The van der Waals surface area contributed by atoms with Gasteiger partial charge in [0.1, 0.15) is 11.9 Å². The van der Waals surface area contributed by atoms with Crippen molar-refractivity contribution in [3.05, 3.63) is 107 Å². The molecule has 0 radical (unpaired) electrons. The van der Waals surface area contributed by atoms with Gasteiger partial charge in [-0.05, 0) is 36.6 Å². The van der Waals surface area contributed by atoms with Crippen LogP contribution in [-0.2, 0) is 0 Å². The molecule has 1 aliphatic rings. The maximum absolute atomic E-state index is 12.5. The highest BCUT2D eigenvalue weighted by molar-refractivity contribution is 6.64. The molecule has 0 aromatic heterocycles. The van der Waals surface area contributed by atoms with E-state index < -0.39 is 5.37 Å². The highest BCUT2D eigenvalue weighted by Crippen LogP contribution is 2.44. The van der Waals surface area contributed by atoms with E-state index in [0.717, 1.165) is 16.7 Å².